The van der Waals surface area contributed by atoms with Crippen LogP contribution >= 0.6 is 0 Å². The number of benzene rings is 1. The van der Waals surface area contributed by atoms with Gasteiger partial charge in [0.25, 0.3) is 0 Å². The second-order valence-electron chi connectivity index (χ2n) is 4.35. The minimum Gasteiger partial charge on any atom is -0.481 e. The first-order valence-corrected chi connectivity index (χ1v) is 5.54. The van der Waals surface area contributed by atoms with E-state index in [0.29, 0.717) is 24.1 Å². The predicted octanol–water partition coefficient (Wildman–Crippen LogP) is 2.91. The Kier molecular flexibility index (Phi) is 3.19. The van der Waals surface area contributed by atoms with E-state index < -0.39 is 17.7 Å². The maximum Gasteiger partial charge on any atom is 0.416 e. The lowest BCUT2D eigenvalue weighted by Gasteiger charge is -2.26. The molecule has 1 atom stereocenters. The van der Waals surface area contributed by atoms with E-state index in [4.69, 9.17) is 5.11 Å². The molecule has 1 aromatic rings. The van der Waals surface area contributed by atoms with Gasteiger partial charge in [0.2, 0.25) is 0 Å². The van der Waals surface area contributed by atoms with Gasteiger partial charge in [-0.2, -0.15) is 13.2 Å². The third-order valence-corrected chi connectivity index (χ3v) is 2.98. The Morgan fingerprint density at radius 3 is 2.78 bits per heavy atom. The van der Waals surface area contributed by atoms with Crippen LogP contribution in [0.1, 0.15) is 24.0 Å². The first-order valence-electron chi connectivity index (χ1n) is 5.54. The van der Waals surface area contributed by atoms with Crippen LogP contribution in [0.4, 0.5) is 18.9 Å². The van der Waals surface area contributed by atoms with E-state index in [1.54, 1.807) is 0 Å². The molecule has 2 rings (SSSR count). The number of aliphatic carboxylic acids is 1. The molecule has 0 aliphatic carbocycles. The second kappa shape index (κ2) is 4.51. The van der Waals surface area contributed by atoms with Crippen molar-refractivity contribution in [1.82, 2.24) is 0 Å². The summed E-state index contributed by atoms with van der Waals surface area (Å²) in [7, 11) is 0. The normalized spacial score (nSPS) is 18.9. The van der Waals surface area contributed by atoms with Crippen molar-refractivity contribution in [3.63, 3.8) is 0 Å². The molecule has 1 heterocycles. The average Bonchev–Trinajstić information content (AvgIpc) is 2.26. The summed E-state index contributed by atoms with van der Waals surface area (Å²) in [5, 5.41) is 11.6. The summed E-state index contributed by atoms with van der Waals surface area (Å²) in [4.78, 5) is 10.6. The number of hydrogen-bond acceptors (Lipinski definition) is 2. The minimum absolute atomic E-state index is 0.0273. The number of alkyl halides is 3. The topological polar surface area (TPSA) is 49.3 Å². The molecule has 1 aromatic carbocycles. The van der Waals surface area contributed by atoms with Crippen molar-refractivity contribution in [3.05, 3.63) is 29.3 Å². The summed E-state index contributed by atoms with van der Waals surface area (Å²) in [6.07, 6.45) is -3.38. The number of carboxylic acid groups (broad SMARTS) is 1. The van der Waals surface area contributed by atoms with Crippen LogP contribution in [-0.2, 0) is 17.4 Å². The molecule has 0 spiro atoms. The zero-order chi connectivity index (χ0) is 13.3. The van der Waals surface area contributed by atoms with Crippen molar-refractivity contribution in [2.45, 2.75) is 31.5 Å². The SMILES string of the molecule is O=C(O)CC1CCc2cc(C(F)(F)F)ccc2N1. The molecule has 1 aliphatic heterocycles. The van der Waals surface area contributed by atoms with Crippen molar-refractivity contribution in [2.75, 3.05) is 5.32 Å². The Hall–Kier alpha value is -1.72. The number of hydrogen-bond donors (Lipinski definition) is 2. The lowest BCUT2D eigenvalue weighted by atomic mass is 9.95. The smallest absolute Gasteiger partial charge is 0.416 e. The number of carbonyl (C=O) groups is 1. The second-order valence-corrected chi connectivity index (χ2v) is 4.35. The van der Waals surface area contributed by atoms with E-state index >= 15 is 0 Å². The van der Waals surface area contributed by atoms with Crippen molar-refractivity contribution >= 4 is 11.7 Å². The highest BCUT2D eigenvalue weighted by Crippen LogP contribution is 2.34. The van der Waals surface area contributed by atoms with Gasteiger partial charge < -0.3 is 10.4 Å². The van der Waals surface area contributed by atoms with Crippen LogP contribution in [0.5, 0.6) is 0 Å². The highest BCUT2D eigenvalue weighted by atomic mass is 19.4. The summed E-state index contributed by atoms with van der Waals surface area (Å²) < 4.78 is 37.5. The maximum atomic E-state index is 12.5. The molecular weight excluding hydrogens is 247 g/mol. The van der Waals surface area contributed by atoms with Crippen LogP contribution in [0.25, 0.3) is 0 Å². The summed E-state index contributed by atoms with van der Waals surface area (Å²) in [5.41, 5.74) is 0.520. The zero-order valence-corrected chi connectivity index (χ0v) is 9.42. The van der Waals surface area contributed by atoms with Gasteiger partial charge >= 0.3 is 12.1 Å². The maximum absolute atomic E-state index is 12.5. The van der Waals surface area contributed by atoms with E-state index in [9.17, 15) is 18.0 Å². The number of nitrogens with one attached hydrogen (secondary N) is 1. The van der Waals surface area contributed by atoms with Crippen molar-refractivity contribution in [2.24, 2.45) is 0 Å². The van der Waals surface area contributed by atoms with Crippen molar-refractivity contribution < 1.29 is 23.1 Å². The molecular formula is C12H12F3NO2. The van der Waals surface area contributed by atoms with E-state index in [0.717, 1.165) is 12.1 Å². The Morgan fingerprint density at radius 2 is 2.17 bits per heavy atom. The van der Waals surface area contributed by atoms with E-state index in [1.165, 1.54) is 6.07 Å². The molecule has 0 fully saturated rings. The highest BCUT2D eigenvalue weighted by molar-refractivity contribution is 5.69. The first-order chi connectivity index (χ1) is 8.36. The molecule has 3 nitrogen and oxygen atoms in total. The van der Waals surface area contributed by atoms with E-state index in [-0.39, 0.29) is 12.5 Å². The molecule has 0 aromatic heterocycles. The number of rotatable bonds is 2. The van der Waals surface area contributed by atoms with Gasteiger partial charge in [-0.3, -0.25) is 4.79 Å². The van der Waals surface area contributed by atoms with Gasteiger partial charge in [0, 0.05) is 11.7 Å². The number of fused-ring (bicyclic) bond motifs is 1. The molecule has 1 aliphatic rings. The molecule has 98 valence electrons. The van der Waals surface area contributed by atoms with Crippen LogP contribution in [0.15, 0.2) is 18.2 Å². The fourth-order valence-corrected chi connectivity index (χ4v) is 2.10. The van der Waals surface area contributed by atoms with Crippen molar-refractivity contribution in [3.8, 4) is 0 Å². The van der Waals surface area contributed by atoms with Crippen LogP contribution < -0.4 is 5.32 Å². The molecule has 0 saturated carbocycles. The zero-order valence-electron chi connectivity index (χ0n) is 9.42. The minimum atomic E-state index is -4.34. The standard InChI is InChI=1S/C12H12F3NO2/c13-12(14,15)8-2-4-10-7(5-8)1-3-9(16-10)6-11(17)18/h2,4-5,9,16H,1,3,6H2,(H,17,18). The average molecular weight is 259 g/mol. The van der Waals surface area contributed by atoms with Crippen molar-refractivity contribution in [1.29, 1.82) is 0 Å². The van der Waals surface area contributed by atoms with Crippen LogP contribution in [-0.4, -0.2) is 17.1 Å². The van der Waals surface area contributed by atoms with Gasteiger partial charge in [0.05, 0.1) is 12.0 Å². The van der Waals surface area contributed by atoms with Gasteiger partial charge in [-0.25, -0.2) is 0 Å². The number of aryl methyl sites for hydroxylation is 1. The van der Waals surface area contributed by atoms with Gasteiger partial charge in [0.1, 0.15) is 0 Å². The number of halogens is 3. The fraction of sp³-hybridized carbons (Fsp3) is 0.417. The molecule has 1 unspecified atom stereocenters. The lowest BCUT2D eigenvalue weighted by Crippen LogP contribution is -2.28. The van der Waals surface area contributed by atoms with E-state index in [2.05, 4.69) is 5.32 Å². The third-order valence-electron chi connectivity index (χ3n) is 2.98. The predicted molar refractivity (Wildman–Crippen MR) is 59.4 cm³/mol. The third kappa shape index (κ3) is 2.75. The Bertz CT molecular complexity index is 471. The summed E-state index contributed by atoms with van der Waals surface area (Å²) in [5.74, 6) is -0.914. The first kappa shape index (κ1) is 12.7. The molecule has 0 bridgehead atoms. The summed E-state index contributed by atoms with van der Waals surface area (Å²) in [6.45, 7) is 0. The monoisotopic (exact) mass is 259 g/mol. The van der Waals surface area contributed by atoms with E-state index in [1.807, 2.05) is 0 Å². The Morgan fingerprint density at radius 1 is 1.44 bits per heavy atom. The quantitative estimate of drug-likeness (QED) is 0.858. The molecule has 0 saturated heterocycles. The van der Waals surface area contributed by atoms with Crippen LogP contribution in [0, 0.1) is 0 Å². The van der Waals surface area contributed by atoms with Gasteiger partial charge in [-0.15, -0.1) is 0 Å². The van der Waals surface area contributed by atoms with Gasteiger partial charge in [0.15, 0.2) is 0 Å². The van der Waals surface area contributed by atoms with Gasteiger partial charge in [-0.1, -0.05) is 0 Å². The number of anilines is 1. The lowest BCUT2D eigenvalue weighted by molar-refractivity contribution is -0.138. The fourth-order valence-electron chi connectivity index (χ4n) is 2.10. The molecule has 18 heavy (non-hydrogen) atoms. The highest BCUT2D eigenvalue weighted by Gasteiger charge is 2.31. The Labute approximate surface area is 102 Å². The largest absolute Gasteiger partial charge is 0.481 e. The van der Waals surface area contributed by atoms with Gasteiger partial charge in [-0.05, 0) is 36.6 Å². The van der Waals surface area contributed by atoms with Crippen LogP contribution in [0.3, 0.4) is 0 Å². The Balaban J connectivity index is 2.18. The summed E-state index contributed by atoms with van der Waals surface area (Å²) >= 11 is 0. The molecule has 0 radical (unpaired) electrons. The number of carboxylic acids is 1. The molecule has 2 N–H and O–H groups in total. The molecule has 6 heteroatoms. The summed E-state index contributed by atoms with van der Waals surface area (Å²) in [6, 6.07) is 3.28. The molecule has 0 amide bonds. The van der Waals surface area contributed by atoms with Crippen LogP contribution in [0.2, 0.25) is 0 Å².